The molecule has 0 aliphatic heterocycles. The first-order chi connectivity index (χ1) is 9.97. The van der Waals surface area contributed by atoms with Crippen LogP contribution >= 0.6 is 0 Å². The third kappa shape index (κ3) is 4.30. The molecule has 1 aromatic carbocycles. The normalized spacial score (nSPS) is 15.1. The summed E-state index contributed by atoms with van der Waals surface area (Å²) in [5.41, 5.74) is 1.42. The van der Waals surface area contributed by atoms with Gasteiger partial charge in [-0.2, -0.15) is 0 Å². The van der Waals surface area contributed by atoms with Crippen molar-refractivity contribution in [3.8, 4) is 0 Å². The Labute approximate surface area is 122 Å². The Bertz CT molecular complexity index is 567. The second-order valence-corrected chi connectivity index (χ2v) is 5.27. The molecule has 1 aliphatic carbocycles. The van der Waals surface area contributed by atoms with Crippen LogP contribution < -0.4 is 10.6 Å². The van der Waals surface area contributed by atoms with E-state index in [2.05, 4.69) is 10.6 Å². The Kier molecular flexibility index (Phi) is 4.57. The summed E-state index contributed by atoms with van der Waals surface area (Å²) in [6.45, 7) is 1.64. The van der Waals surface area contributed by atoms with Crippen molar-refractivity contribution < 1.29 is 19.5 Å². The van der Waals surface area contributed by atoms with Gasteiger partial charge in [0.05, 0.1) is 6.54 Å². The Hall–Kier alpha value is -2.37. The maximum atomic E-state index is 11.9. The van der Waals surface area contributed by atoms with Crippen LogP contribution in [0.3, 0.4) is 0 Å². The highest BCUT2D eigenvalue weighted by Crippen LogP contribution is 2.32. The van der Waals surface area contributed by atoms with Crippen LogP contribution in [0.4, 0.5) is 0 Å². The van der Waals surface area contributed by atoms with Crippen molar-refractivity contribution in [2.24, 2.45) is 5.92 Å². The van der Waals surface area contributed by atoms with Crippen molar-refractivity contribution >= 4 is 17.8 Å². The van der Waals surface area contributed by atoms with E-state index in [0.29, 0.717) is 5.56 Å². The van der Waals surface area contributed by atoms with Gasteiger partial charge in [-0.25, -0.2) is 4.79 Å². The van der Waals surface area contributed by atoms with E-state index in [0.717, 1.165) is 18.4 Å². The molecule has 0 bridgehead atoms. The first-order valence-electron chi connectivity index (χ1n) is 6.84. The molecule has 2 amide bonds. The fourth-order valence-corrected chi connectivity index (χ4v) is 2.08. The molecule has 1 atom stereocenters. The number of amides is 2. The average molecular weight is 290 g/mol. The van der Waals surface area contributed by atoms with Crippen molar-refractivity contribution in [1.82, 2.24) is 10.6 Å². The maximum absolute atomic E-state index is 11.9. The van der Waals surface area contributed by atoms with Gasteiger partial charge < -0.3 is 15.7 Å². The Morgan fingerprint density at radius 1 is 1.33 bits per heavy atom. The quantitative estimate of drug-likeness (QED) is 0.719. The molecule has 6 nitrogen and oxygen atoms in total. The molecule has 0 radical (unpaired) electrons. The molecule has 1 saturated carbocycles. The summed E-state index contributed by atoms with van der Waals surface area (Å²) in [4.78, 5) is 34.6. The lowest BCUT2D eigenvalue weighted by molar-refractivity contribution is -0.142. The van der Waals surface area contributed by atoms with Crippen molar-refractivity contribution in [2.75, 3.05) is 6.54 Å². The fourth-order valence-electron chi connectivity index (χ4n) is 2.08. The van der Waals surface area contributed by atoms with Crippen molar-refractivity contribution in [3.63, 3.8) is 0 Å². The third-order valence-electron chi connectivity index (χ3n) is 3.37. The minimum atomic E-state index is -1.03. The van der Waals surface area contributed by atoms with E-state index in [1.54, 1.807) is 18.2 Å². The number of rotatable bonds is 6. The molecule has 0 spiro atoms. The first-order valence-corrected chi connectivity index (χ1v) is 6.84. The summed E-state index contributed by atoms with van der Waals surface area (Å²) in [7, 11) is 0. The smallest absolute Gasteiger partial charge is 0.326 e. The van der Waals surface area contributed by atoms with Crippen LogP contribution in [0.25, 0.3) is 0 Å². The molecular formula is C15H18N2O4. The Morgan fingerprint density at radius 2 is 2.05 bits per heavy atom. The van der Waals surface area contributed by atoms with Gasteiger partial charge in [0, 0.05) is 5.56 Å². The first kappa shape index (κ1) is 15.0. The van der Waals surface area contributed by atoms with Crippen molar-refractivity contribution in [3.05, 3.63) is 35.4 Å². The summed E-state index contributed by atoms with van der Waals surface area (Å²) in [6, 6.07) is 6.16. The van der Waals surface area contributed by atoms with E-state index in [1.165, 1.54) is 0 Å². The monoisotopic (exact) mass is 290 g/mol. The van der Waals surface area contributed by atoms with Crippen LogP contribution in [0.5, 0.6) is 0 Å². The molecule has 3 N–H and O–H groups in total. The molecule has 2 rings (SSSR count). The SMILES string of the molecule is Cc1cccc(C(=O)NCC(=O)NC(C(=O)O)C2CC2)c1. The summed E-state index contributed by atoms with van der Waals surface area (Å²) in [6.07, 6.45) is 1.62. The van der Waals surface area contributed by atoms with E-state index in [9.17, 15) is 14.4 Å². The topological polar surface area (TPSA) is 95.5 Å². The molecule has 6 heteroatoms. The van der Waals surface area contributed by atoms with Gasteiger partial charge in [0.2, 0.25) is 5.91 Å². The highest BCUT2D eigenvalue weighted by molar-refractivity contribution is 5.97. The van der Waals surface area contributed by atoms with Crippen LogP contribution in [-0.2, 0) is 9.59 Å². The van der Waals surface area contributed by atoms with Crippen LogP contribution in [-0.4, -0.2) is 35.5 Å². The predicted octanol–water partition coefficient (Wildman–Crippen LogP) is 0.704. The lowest BCUT2D eigenvalue weighted by Gasteiger charge is -2.13. The summed E-state index contributed by atoms with van der Waals surface area (Å²) in [5.74, 6) is -1.86. The summed E-state index contributed by atoms with van der Waals surface area (Å²) in [5, 5.41) is 13.9. The molecular weight excluding hydrogens is 272 g/mol. The molecule has 21 heavy (non-hydrogen) atoms. The number of carboxylic acids is 1. The van der Waals surface area contributed by atoms with Crippen molar-refractivity contribution in [1.29, 1.82) is 0 Å². The number of benzene rings is 1. The number of aliphatic carboxylic acids is 1. The molecule has 112 valence electrons. The third-order valence-corrected chi connectivity index (χ3v) is 3.37. The van der Waals surface area contributed by atoms with Crippen LogP contribution in [0.2, 0.25) is 0 Å². The van der Waals surface area contributed by atoms with Crippen LogP contribution in [0, 0.1) is 12.8 Å². The fraction of sp³-hybridized carbons (Fsp3) is 0.400. The van der Waals surface area contributed by atoms with Gasteiger partial charge in [-0.15, -0.1) is 0 Å². The van der Waals surface area contributed by atoms with E-state index in [1.807, 2.05) is 13.0 Å². The second kappa shape index (κ2) is 6.39. The maximum Gasteiger partial charge on any atom is 0.326 e. The predicted molar refractivity (Wildman–Crippen MR) is 75.8 cm³/mol. The number of carboxylic acid groups (broad SMARTS) is 1. The van der Waals surface area contributed by atoms with Gasteiger partial charge in [0.1, 0.15) is 6.04 Å². The van der Waals surface area contributed by atoms with E-state index < -0.39 is 17.9 Å². The summed E-state index contributed by atoms with van der Waals surface area (Å²) < 4.78 is 0. The zero-order valence-corrected chi connectivity index (χ0v) is 11.8. The second-order valence-electron chi connectivity index (χ2n) is 5.27. The number of hydrogen-bond acceptors (Lipinski definition) is 3. The van der Waals surface area contributed by atoms with Crippen molar-refractivity contribution in [2.45, 2.75) is 25.8 Å². The molecule has 0 aromatic heterocycles. The number of aryl methyl sites for hydroxylation is 1. The molecule has 0 saturated heterocycles. The molecule has 1 aromatic rings. The average Bonchev–Trinajstić information content (AvgIpc) is 3.26. The van der Waals surface area contributed by atoms with Crippen LogP contribution in [0.1, 0.15) is 28.8 Å². The number of nitrogens with one attached hydrogen (secondary N) is 2. The van der Waals surface area contributed by atoms with E-state index in [4.69, 9.17) is 5.11 Å². The van der Waals surface area contributed by atoms with Gasteiger partial charge in [0.15, 0.2) is 0 Å². The number of carbonyl (C=O) groups is 3. The highest BCUT2D eigenvalue weighted by atomic mass is 16.4. The largest absolute Gasteiger partial charge is 0.480 e. The molecule has 1 fully saturated rings. The van der Waals surface area contributed by atoms with Gasteiger partial charge in [-0.1, -0.05) is 17.7 Å². The minimum Gasteiger partial charge on any atom is -0.480 e. The number of carbonyl (C=O) groups excluding carboxylic acids is 2. The Balaban J connectivity index is 1.83. The lowest BCUT2D eigenvalue weighted by Crippen LogP contribution is -2.46. The van der Waals surface area contributed by atoms with E-state index >= 15 is 0 Å². The molecule has 1 unspecified atom stereocenters. The van der Waals surface area contributed by atoms with Gasteiger partial charge in [-0.05, 0) is 37.8 Å². The summed E-state index contributed by atoms with van der Waals surface area (Å²) >= 11 is 0. The number of hydrogen-bond donors (Lipinski definition) is 3. The zero-order valence-electron chi connectivity index (χ0n) is 11.8. The van der Waals surface area contributed by atoms with E-state index in [-0.39, 0.29) is 18.4 Å². The molecule has 1 aliphatic rings. The Morgan fingerprint density at radius 3 is 2.62 bits per heavy atom. The van der Waals surface area contributed by atoms with Gasteiger partial charge >= 0.3 is 5.97 Å². The highest BCUT2D eigenvalue weighted by Gasteiger charge is 2.37. The molecule has 0 heterocycles. The zero-order chi connectivity index (χ0) is 15.4. The van der Waals surface area contributed by atoms with Crippen LogP contribution in [0.15, 0.2) is 24.3 Å². The lowest BCUT2D eigenvalue weighted by atomic mass is 10.1. The standard InChI is InChI=1S/C15H18N2O4/c1-9-3-2-4-11(7-9)14(19)16-8-12(18)17-13(15(20)21)10-5-6-10/h2-4,7,10,13H,5-6,8H2,1H3,(H,16,19)(H,17,18)(H,20,21). The minimum absolute atomic E-state index is 0.0129. The van der Waals surface area contributed by atoms with Gasteiger partial charge in [-0.3, -0.25) is 9.59 Å². The van der Waals surface area contributed by atoms with Gasteiger partial charge in [0.25, 0.3) is 5.91 Å².